The number of benzene rings is 3. The Kier molecular flexibility index (Phi) is 7.65. The summed E-state index contributed by atoms with van der Waals surface area (Å²) in [6.07, 6.45) is 0. The maximum Gasteiger partial charge on any atom is 0.338 e. The van der Waals surface area contributed by atoms with Crippen LogP contribution in [-0.2, 0) is 22.7 Å². The molecule has 31 heavy (non-hydrogen) atoms. The van der Waals surface area contributed by atoms with Crippen LogP contribution in [0.1, 0.15) is 21.5 Å². The van der Waals surface area contributed by atoms with E-state index in [2.05, 4.69) is 0 Å². The molecule has 0 heterocycles. The topological polar surface area (TPSA) is 65.1 Å². The Bertz CT molecular complexity index is 1000. The Labute approximate surface area is 182 Å². The Morgan fingerprint density at radius 3 is 2.26 bits per heavy atom. The second-order valence-corrected chi connectivity index (χ2v) is 6.98. The summed E-state index contributed by atoms with van der Waals surface area (Å²) in [6, 6.07) is 23.9. The van der Waals surface area contributed by atoms with Crippen LogP contribution in [-0.4, -0.2) is 37.5 Å². The molecule has 3 aromatic carbocycles. The van der Waals surface area contributed by atoms with Gasteiger partial charge < -0.3 is 19.1 Å². The monoisotopic (exact) mass is 419 g/mol. The molecule has 160 valence electrons. The Hall–Kier alpha value is -3.80. The average Bonchev–Trinajstić information content (AvgIpc) is 2.82. The molecule has 0 saturated carbocycles. The first-order valence-corrected chi connectivity index (χ1v) is 9.86. The third-order valence-electron chi connectivity index (χ3n) is 4.64. The van der Waals surface area contributed by atoms with Crippen molar-refractivity contribution in [1.82, 2.24) is 4.90 Å². The fourth-order valence-electron chi connectivity index (χ4n) is 2.88. The normalized spacial score (nSPS) is 10.3. The summed E-state index contributed by atoms with van der Waals surface area (Å²) in [5.41, 5.74) is 2.34. The summed E-state index contributed by atoms with van der Waals surface area (Å²) in [6.45, 7) is 0.505. The Morgan fingerprint density at radius 1 is 0.839 bits per heavy atom. The number of nitrogens with zero attached hydrogens (tertiary/aromatic N) is 1. The molecule has 0 atom stereocenters. The van der Waals surface area contributed by atoms with Crippen LogP contribution in [0.2, 0.25) is 0 Å². The quantitative estimate of drug-likeness (QED) is 0.489. The summed E-state index contributed by atoms with van der Waals surface area (Å²) in [4.78, 5) is 26.1. The first-order chi connectivity index (χ1) is 15.0. The summed E-state index contributed by atoms with van der Waals surface area (Å²) in [5, 5.41) is 0. The van der Waals surface area contributed by atoms with Gasteiger partial charge in [0, 0.05) is 13.6 Å². The summed E-state index contributed by atoms with van der Waals surface area (Å²) in [5.74, 6) is 0.521. The number of carbonyl (C=O) groups is 2. The van der Waals surface area contributed by atoms with Gasteiger partial charge in [-0.3, -0.25) is 4.79 Å². The molecule has 0 spiro atoms. The standard InChI is InChI=1S/C25H25NO5/c1-26(16-20-9-6-10-23(15-20)29-2)24(27)18-31-25(28)21-11-13-22(14-12-21)30-17-19-7-4-3-5-8-19/h3-15H,16-18H2,1-2H3. The molecule has 0 unspecified atom stereocenters. The highest BCUT2D eigenvalue weighted by atomic mass is 16.5. The van der Waals surface area contributed by atoms with Crippen molar-refractivity contribution >= 4 is 11.9 Å². The molecule has 0 saturated heterocycles. The highest BCUT2D eigenvalue weighted by Crippen LogP contribution is 2.16. The van der Waals surface area contributed by atoms with E-state index in [0.717, 1.165) is 16.9 Å². The van der Waals surface area contributed by atoms with Crippen molar-refractivity contribution in [3.63, 3.8) is 0 Å². The van der Waals surface area contributed by atoms with E-state index in [4.69, 9.17) is 14.2 Å². The lowest BCUT2D eigenvalue weighted by molar-refractivity contribution is -0.133. The second kappa shape index (κ2) is 10.8. The van der Waals surface area contributed by atoms with Crippen LogP contribution in [0.5, 0.6) is 11.5 Å². The maximum absolute atomic E-state index is 12.3. The van der Waals surface area contributed by atoms with Gasteiger partial charge in [0.05, 0.1) is 12.7 Å². The molecule has 0 bridgehead atoms. The molecule has 0 N–H and O–H groups in total. The predicted molar refractivity (Wildman–Crippen MR) is 117 cm³/mol. The van der Waals surface area contributed by atoms with E-state index < -0.39 is 5.97 Å². The molecule has 6 heteroatoms. The van der Waals surface area contributed by atoms with Crippen LogP contribution >= 0.6 is 0 Å². The number of ether oxygens (including phenoxy) is 3. The number of esters is 1. The van der Waals surface area contributed by atoms with Crippen LogP contribution in [0.3, 0.4) is 0 Å². The predicted octanol–water partition coefficient (Wildman–Crippen LogP) is 4.09. The summed E-state index contributed by atoms with van der Waals surface area (Å²) in [7, 11) is 3.25. The van der Waals surface area contributed by atoms with Gasteiger partial charge in [-0.25, -0.2) is 4.79 Å². The van der Waals surface area contributed by atoms with Crippen LogP contribution in [0.4, 0.5) is 0 Å². The van der Waals surface area contributed by atoms with Gasteiger partial charge in [0.1, 0.15) is 18.1 Å². The largest absolute Gasteiger partial charge is 0.497 e. The van der Waals surface area contributed by atoms with E-state index in [1.54, 1.807) is 38.4 Å². The number of likely N-dealkylation sites (N-methyl/N-ethyl adjacent to an activating group) is 1. The molecule has 1 amide bonds. The van der Waals surface area contributed by atoms with Crippen molar-refractivity contribution in [2.24, 2.45) is 0 Å². The van der Waals surface area contributed by atoms with Crippen molar-refractivity contribution in [3.8, 4) is 11.5 Å². The van der Waals surface area contributed by atoms with Crippen LogP contribution in [0.15, 0.2) is 78.9 Å². The van der Waals surface area contributed by atoms with Crippen LogP contribution in [0.25, 0.3) is 0 Å². The second-order valence-electron chi connectivity index (χ2n) is 6.98. The van der Waals surface area contributed by atoms with Crippen LogP contribution < -0.4 is 9.47 Å². The maximum atomic E-state index is 12.3. The van der Waals surface area contributed by atoms with E-state index in [0.29, 0.717) is 24.5 Å². The van der Waals surface area contributed by atoms with E-state index in [9.17, 15) is 9.59 Å². The first-order valence-electron chi connectivity index (χ1n) is 9.86. The zero-order valence-electron chi connectivity index (χ0n) is 17.6. The van der Waals surface area contributed by atoms with Gasteiger partial charge in [0.15, 0.2) is 6.61 Å². The van der Waals surface area contributed by atoms with Gasteiger partial charge in [-0.05, 0) is 47.5 Å². The molecule has 3 aromatic rings. The molecule has 0 aromatic heterocycles. The smallest absolute Gasteiger partial charge is 0.338 e. The van der Waals surface area contributed by atoms with Gasteiger partial charge in [-0.2, -0.15) is 0 Å². The number of amides is 1. The van der Waals surface area contributed by atoms with E-state index in [1.807, 2.05) is 54.6 Å². The minimum atomic E-state index is -0.558. The zero-order valence-corrected chi connectivity index (χ0v) is 17.6. The molecular formula is C25H25NO5. The fourth-order valence-corrected chi connectivity index (χ4v) is 2.88. The molecule has 0 radical (unpaired) electrons. The summed E-state index contributed by atoms with van der Waals surface area (Å²) >= 11 is 0. The van der Waals surface area contributed by atoms with Crippen molar-refractivity contribution in [2.45, 2.75) is 13.2 Å². The average molecular weight is 419 g/mol. The first kappa shape index (κ1) is 21.9. The number of methoxy groups -OCH3 is 1. The third-order valence-corrected chi connectivity index (χ3v) is 4.64. The highest BCUT2D eigenvalue weighted by molar-refractivity contribution is 5.91. The van der Waals surface area contributed by atoms with Crippen LogP contribution in [0, 0.1) is 0 Å². The van der Waals surface area contributed by atoms with Gasteiger partial charge >= 0.3 is 5.97 Å². The number of hydrogen-bond donors (Lipinski definition) is 0. The van der Waals surface area contributed by atoms with Crippen molar-refractivity contribution in [3.05, 3.63) is 95.6 Å². The van der Waals surface area contributed by atoms with Gasteiger partial charge in [0.2, 0.25) is 0 Å². The molecule has 6 nitrogen and oxygen atoms in total. The number of hydrogen-bond acceptors (Lipinski definition) is 5. The van der Waals surface area contributed by atoms with Gasteiger partial charge in [-0.1, -0.05) is 42.5 Å². The van der Waals surface area contributed by atoms with Crippen molar-refractivity contribution in [2.75, 3.05) is 20.8 Å². The van der Waals surface area contributed by atoms with Crippen molar-refractivity contribution in [1.29, 1.82) is 0 Å². The number of rotatable bonds is 9. The summed E-state index contributed by atoms with van der Waals surface area (Å²) < 4.78 is 16.1. The van der Waals surface area contributed by atoms with E-state index >= 15 is 0 Å². The zero-order chi connectivity index (χ0) is 22.1. The minimum absolute atomic E-state index is 0.293. The molecule has 0 aliphatic carbocycles. The Morgan fingerprint density at radius 2 is 1.55 bits per heavy atom. The SMILES string of the molecule is COc1cccc(CN(C)C(=O)COC(=O)c2ccc(OCc3ccccc3)cc2)c1. The van der Waals surface area contributed by atoms with E-state index in [-0.39, 0.29) is 12.5 Å². The lowest BCUT2D eigenvalue weighted by Gasteiger charge is -2.17. The lowest BCUT2D eigenvalue weighted by atomic mass is 10.2. The number of carbonyl (C=O) groups excluding carboxylic acids is 2. The molecule has 0 aliphatic rings. The minimum Gasteiger partial charge on any atom is -0.497 e. The van der Waals surface area contributed by atoms with Gasteiger partial charge in [-0.15, -0.1) is 0 Å². The Balaban J connectivity index is 1.46. The van der Waals surface area contributed by atoms with E-state index in [1.165, 1.54) is 4.90 Å². The van der Waals surface area contributed by atoms with Gasteiger partial charge in [0.25, 0.3) is 5.91 Å². The molecular weight excluding hydrogens is 394 g/mol. The fraction of sp³-hybridized carbons (Fsp3) is 0.200. The van der Waals surface area contributed by atoms with Crippen molar-refractivity contribution < 1.29 is 23.8 Å². The molecule has 0 fully saturated rings. The lowest BCUT2D eigenvalue weighted by Crippen LogP contribution is -2.30. The highest BCUT2D eigenvalue weighted by Gasteiger charge is 2.14. The third kappa shape index (κ3) is 6.60. The molecule has 3 rings (SSSR count). The molecule has 0 aliphatic heterocycles.